The molecule has 4 rings (SSSR count). The number of H-pyrrole nitrogens is 1. The van der Waals surface area contributed by atoms with Gasteiger partial charge in [-0.15, -0.1) is 0 Å². The summed E-state index contributed by atoms with van der Waals surface area (Å²) in [6.07, 6.45) is 3.61. The molecule has 2 aliphatic heterocycles. The number of carbonyl (C=O) groups is 1. The minimum atomic E-state index is -3.35. The maximum absolute atomic E-state index is 13.4. The molecule has 0 aliphatic carbocycles. The normalized spacial score (nSPS) is 20.8. The van der Waals surface area contributed by atoms with Crippen LogP contribution in [0.2, 0.25) is 0 Å². The van der Waals surface area contributed by atoms with Crippen LogP contribution in [0.4, 0.5) is 5.69 Å². The van der Waals surface area contributed by atoms with Crippen LogP contribution in [0.1, 0.15) is 66.1 Å². The van der Waals surface area contributed by atoms with Crippen LogP contribution < -0.4 is 9.86 Å². The Hall–Kier alpha value is -2.68. The summed E-state index contributed by atoms with van der Waals surface area (Å²) < 4.78 is 26.3. The molecule has 1 aromatic carbocycles. The molecule has 2 fully saturated rings. The zero-order valence-corrected chi connectivity index (χ0v) is 18.7. The average molecular weight is 445 g/mol. The fraction of sp³-hybridized carbons (Fsp3) is 0.500. The van der Waals surface area contributed by atoms with Gasteiger partial charge in [-0.25, -0.2) is 13.4 Å². The van der Waals surface area contributed by atoms with Crippen molar-refractivity contribution in [3.63, 3.8) is 0 Å². The summed E-state index contributed by atoms with van der Waals surface area (Å²) in [5, 5.41) is 0. The molecule has 0 radical (unpaired) electrons. The topological polar surface area (TPSA) is 103 Å². The van der Waals surface area contributed by atoms with Crippen molar-refractivity contribution in [1.29, 1.82) is 0 Å². The third-order valence-corrected chi connectivity index (χ3v) is 8.02. The molecule has 31 heavy (non-hydrogen) atoms. The number of aromatic amines is 1. The molecule has 1 N–H and O–H groups in total. The first-order chi connectivity index (χ1) is 14.8. The molecule has 1 atom stereocenters. The van der Waals surface area contributed by atoms with Gasteiger partial charge in [0.15, 0.2) is 0 Å². The van der Waals surface area contributed by atoms with Gasteiger partial charge in [0.1, 0.15) is 5.82 Å². The molecule has 1 amide bonds. The van der Waals surface area contributed by atoms with Crippen molar-refractivity contribution in [3.8, 4) is 0 Å². The highest BCUT2D eigenvalue weighted by Gasteiger charge is 2.33. The van der Waals surface area contributed by atoms with E-state index in [-0.39, 0.29) is 23.3 Å². The van der Waals surface area contributed by atoms with E-state index in [4.69, 9.17) is 0 Å². The number of aromatic nitrogens is 2. The number of nitrogens with zero attached hydrogens (tertiary/aromatic N) is 3. The Morgan fingerprint density at radius 2 is 2.03 bits per heavy atom. The average Bonchev–Trinajstić information content (AvgIpc) is 3.22. The van der Waals surface area contributed by atoms with Crippen LogP contribution in [-0.2, 0) is 16.4 Å². The highest BCUT2D eigenvalue weighted by Crippen LogP contribution is 2.32. The number of benzene rings is 1. The van der Waals surface area contributed by atoms with E-state index in [1.165, 1.54) is 4.31 Å². The number of anilines is 1. The molecule has 2 aromatic rings. The molecular weight excluding hydrogens is 416 g/mol. The Morgan fingerprint density at radius 3 is 2.74 bits per heavy atom. The number of amides is 1. The zero-order valence-electron chi connectivity index (χ0n) is 17.9. The maximum atomic E-state index is 13.4. The molecule has 0 spiro atoms. The smallest absolute Gasteiger partial charge is 0.254 e. The van der Waals surface area contributed by atoms with E-state index in [1.54, 1.807) is 29.2 Å². The first kappa shape index (κ1) is 21.5. The number of nitrogens with one attached hydrogen (secondary N) is 1. The number of sulfonamides is 1. The van der Waals surface area contributed by atoms with Crippen molar-refractivity contribution in [2.24, 2.45) is 0 Å². The van der Waals surface area contributed by atoms with Gasteiger partial charge in [-0.3, -0.25) is 13.9 Å². The summed E-state index contributed by atoms with van der Waals surface area (Å²) in [6.45, 7) is 4.73. The Morgan fingerprint density at radius 1 is 1.23 bits per heavy atom. The van der Waals surface area contributed by atoms with Gasteiger partial charge in [0.2, 0.25) is 10.0 Å². The summed E-state index contributed by atoms with van der Waals surface area (Å²) >= 11 is 0. The van der Waals surface area contributed by atoms with E-state index in [9.17, 15) is 18.0 Å². The van der Waals surface area contributed by atoms with Crippen molar-refractivity contribution in [3.05, 3.63) is 57.3 Å². The minimum Gasteiger partial charge on any atom is -0.328 e. The number of likely N-dealkylation sites (tertiary alicyclic amines) is 1. The Kier molecular flexibility index (Phi) is 5.88. The monoisotopic (exact) mass is 444 g/mol. The lowest BCUT2D eigenvalue weighted by Gasteiger charge is -2.29. The van der Waals surface area contributed by atoms with E-state index < -0.39 is 10.0 Å². The maximum Gasteiger partial charge on any atom is 0.254 e. The second-order valence-corrected chi connectivity index (χ2v) is 10.2. The standard InChI is InChI=1S/C22H28N4O4S/c1-3-18-15(2)23-20(24-21(18)27)19-10-7-11-25(19)22(28)16-8-6-9-17(14-16)26-12-4-5-13-31(26,29)30/h6,8-9,14,19H,3-5,7,10-13H2,1-2H3,(H,23,24,27). The predicted octanol–water partition coefficient (Wildman–Crippen LogP) is 2.55. The molecule has 1 aromatic heterocycles. The summed E-state index contributed by atoms with van der Waals surface area (Å²) in [5.41, 5.74) is 2.17. The van der Waals surface area contributed by atoms with Gasteiger partial charge < -0.3 is 9.88 Å². The minimum absolute atomic E-state index is 0.130. The molecule has 166 valence electrons. The number of rotatable bonds is 4. The van der Waals surface area contributed by atoms with Crippen molar-refractivity contribution in [2.75, 3.05) is 23.1 Å². The van der Waals surface area contributed by atoms with Crippen LogP contribution in [0.25, 0.3) is 0 Å². The van der Waals surface area contributed by atoms with Gasteiger partial charge in [-0.1, -0.05) is 13.0 Å². The van der Waals surface area contributed by atoms with Gasteiger partial charge in [0.05, 0.1) is 17.5 Å². The second-order valence-electron chi connectivity index (χ2n) is 8.17. The lowest BCUT2D eigenvalue weighted by Crippen LogP contribution is -2.38. The molecule has 2 saturated heterocycles. The number of carbonyl (C=O) groups excluding carboxylic acids is 1. The van der Waals surface area contributed by atoms with Crippen molar-refractivity contribution in [1.82, 2.24) is 14.9 Å². The third-order valence-electron chi connectivity index (χ3n) is 6.15. The summed E-state index contributed by atoms with van der Waals surface area (Å²) in [6, 6.07) is 6.51. The number of hydrogen-bond donors (Lipinski definition) is 1. The van der Waals surface area contributed by atoms with E-state index in [0.29, 0.717) is 54.3 Å². The number of aryl methyl sites for hydroxylation is 1. The lowest BCUT2D eigenvalue weighted by molar-refractivity contribution is 0.0729. The van der Waals surface area contributed by atoms with Gasteiger partial charge in [-0.05, 0) is 57.2 Å². The molecule has 1 unspecified atom stereocenters. The van der Waals surface area contributed by atoms with Crippen LogP contribution in [0, 0.1) is 6.92 Å². The molecule has 8 nitrogen and oxygen atoms in total. The van der Waals surface area contributed by atoms with Crippen molar-refractivity contribution < 1.29 is 13.2 Å². The molecule has 9 heteroatoms. The highest BCUT2D eigenvalue weighted by molar-refractivity contribution is 7.92. The van der Waals surface area contributed by atoms with Gasteiger partial charge >= 0.3 is 0 Å². The highest BCUT2D eigenvalue weighted by atomic mass is 32.2. The molecule has 3 heterocycles. The fourth-order valence-electron chi connectivity index (χ4n) is 4.54. The van der Waals surface area contributed by atoms with E-state index in [2.05, 4.69) is 9.97 Å². The first-order valence-corrected chi connectivity index (χ1v) is 12.4. The van der Waals surface area contributed by atoms with Crippen LogP contribution >= 0.6 is 0 Å². The Bertz CT molecular complexity index is 1160. The second kappa shape index (κ2) is 8.45. The summed E-state index contributed by atoms with van der Waals surface area (Å²) in [7, 11) is -3.35. The lowest BCUT2D eigenvalue weighted by atomic mass is 10.1. The van der Waals surface area contributed by atoms with Gasteiger partial charge in [0.25, 0.3) is 11.5 Å². The van der Waals surface area contributed by atoms with Gasteiger partial charge in [0, 0.05) is 29.9 Å². The first-order valence-electron chi connectivity index (χ1n) is 10.8. The number of hydrogen-bond acceptors (Lipinski definition) is 5. The summed E-state index contributed by atoms with van der Waals surface area (Å²) in [4.78, 5) is 35.0. The van der Waals surface area contributed by atoms with E-state index in [0.717, 1.165) is 19.3 Å². The molecular formula is C22H28N4O4S. The SMILES string of the molecule is CCc1c(C)nc(C2CCCN2C(=O)c2cccc(N3CCCCS3(=O)=O)c2)[nH]c1=O. The fourth-order valence-corrected chi connectivity index (χ4v) is 6.17. The molecule has 2 aliphatic rings. The van der Waals surface area contributed by atoms with E-state index >= 15 is 0 Å². The Balaban J connectivity index is 1.63. The summed E-state index contributed by atoms with van der Waals surface area (Å²) in [5.74, 6) is 0.463. The van der Waals surface area contributed by atoms with Crippen molar-refractivity contribution >= 4 is 21.6 Å². The van der Waals surface area contributed by atoms with Crippen LogP contribution in [0.5, 0.6) is 0 Å². The molecule has 0 bridgehead atoms. The van der Waals surface area contributed by atoms with E-state index in [1.807, 2.05) is 13.8 Å². The predicted molar refractivity (Wildman–Crippen MR) is 119 cm³/mol. The third kappa shape index (κ3) is 4.11. The largest absolute Gasteiger partial charge is 0.328 e. The zero-order chi connectivity index (χ0) is 22.2. The van der Waals surface area contributed by atoms with Gasteiger partial charge in [-0.2, -0.15) is 0 Å². The van der Waals surface area contributed by atoms with Crippen LogP contribution in [0.3, 0.4) is 0 Å². The van der Waals surface area contributed by atoms with Crippen LogP contribution in [0.15, 0.2) is 29.1 Å². The molecule has 0 saturated carbocycles. The van der Waals surface area contributed by atoms with Crippen LogP contribution in [-0.4, -0.2) is 48.0 Å². The quantitative estimate of drug-likeness (QED) is 0.781. The Labute approximate surface area is 182 Å². The van der Waals surface area contributed by atoms with Crippen molar-refractivity contribution in [2.45, 2.75) is 52.0 Å².